The SMILES string of the molecule is C[C@H](Sc1ccc(Cl)cc1)C(=O)Nc1nc(-c2ccccc2)cs1. The number of amides is 1. The van der Waals surface area contributed by atoms with Crippen molar-refractivity contribution in [1.82, 2.24) is 4.98 Å². The quantitative estimate of drug-likeness (QED) is 0.592. The summed E-state index contributed by atoms with van der Waals surface area (Å²) in [5.41, 5.74) is 1.91. The van der Waals surface area contributed by atoms with E-state index in [0.29, 0.717) is 10.2 Å². The lowest BCUT2D eigenvalue weighted by atomic mass is 10.2. The fraction of sp³-hybridized carbons (Fsp3) is 0.111. The van der Waals surface area contributed by atoms with Crippen LogP contribution in [0.25, 0.3) is 11.3 Å². The normalized spacial score (nSPS) is 11.9. The Hall–Kier alpha value is -1.82. The van der Waals surface area contributed by atoms with Crippen LogP contribution in [0.1, 0.15) is 6.92 Å². The second-order valence-corrected chi connectivity index (χ2v) is 7.82. The molecule has 1 N–H and O–H groups in total. The van der Waals surface area contributed by atoms with Gasteiger partial charge >= 0.3 is 0 Å². The summed E-state index contributed by atoms with van der Waals surface area (Å²) in [5, 5.41) is 5.91. The maximum Gasteiger partial charge on any atom is 0.239 e. The van der Waals surface area contributed by atoms with E-state index in [4.69, 9.17) is 11.6 Å². The monoisotopic (exact) mass is 374 g/mol. The average molecular weight is 375 g/mol. The van der Waals surface area contributed by atoms with Crippen molar-refractivity contribution in [2.24, 2.45) is 0 Å². The van der Waals surface area contributed by atoms with Crippen molar-refractivity contribution in [3.63, 3.8) is 0 Å². The molecule has 0 aliphatic rings. The Morgan fingerprint density at radius 2 is 1.88 bits per heavy atom. The van der Waals surface area contributed by atoms with Crippen LogP contribution >= 0.6 is 34.7 Å². The van der Waals surface area contributed by atoms with Crippen LogP contribution in [0, 0.1) is 0 Å². The topological polar surface area (TPSA) is 42.0 Å². The molecule has 0 saturated heterocycles. The molecule has 0 unspecified atom stereocenters. The smallest absolute Gasteiger partial charge is 0.239 e. The van der Waals surface area contributed by atoms with Crippen LogP contribution in [-0.4, -0.2) is 16.1 Å². The number of halogens is 1. The molecule has 1 aromatic heterocycles. The Morgan fingerprint density at radius 3 is 2.58 bits per heavy atom. The zero-order chi connectivity index (χ0) is 16.9. The van der Waals surface area contributed by atoms with Gasteiger partial charge in [0.25, 0.3) is 0 Å². The van der Waals surface area contributed by atoms with Crippen molar-refractivity contribution in [1.29, 1.82) is 0 Å². The minimum Gasteiger partial charge on any atom is -0.301 e. The zero-order valence-electron chi connectivity index (χ0n) is 12.9. The molecule has 1 amide bonds. The van der Waals surface area contributed by atoms with Gasteiger partial charge in [0.05, 0.1) is 10.9 Å². The van der Waals surface area contributed by atoms with Crippen molar-refractivity contribution in [3.8, 4) is 11.3 Å². The molecule has 0 bridgehead atoms. The third kappa shape index (κ3) is 4.38. The van der Waals surface area contributed by atoms with Gasteiger partial charge in [0.2, 0.25) is 5.91 Å². The summed E-state index contributed by atoms with van der Waals surface area (Å²) in [6, 6.07) is 17.4. The van der Waals surface area contributed by atoms with E-state index in [1.807, 2.05) is 66.9 Å². The number of carbonyl (C=O) groups excluding carboxylic acids is 1. The van der Waals surface area contributed by atoms with Crippen molar-refractivity contribution >= 4 is 45.7 Å². The van der Waals surface area contributed by atoms with Crippen LogP contribution in [0.15, 0.2) is 64.9 Å². The van der Waals surface area contributed by atoms with E-state index in [2.05, 4.69) is 10.3 Å². The molecule has 0 fully saturated rings. The molecule has 0 aliphatic carbocycles. The van der Waals surface area contributed by atoms with Crippen molar-refractivity contribution in [2.75, 3.05) is 5.32 Å². The van der Waals surface area contributed by atoms with Crippen molar-refractivity contribution in [2.45, 2.75) is 17.1 Å². The summed E-state index contributed by atoms with van der Waals surface area (Å²) in [6.45, 7) is 1.88. The molecule has 2 aromatic carbocycles. The molecular formula is C18H15ClN2OS2. The molecule has 122 valence electrons. The molecule has 1 heterocycles. The molecule has 24 heavy (non-hydrogen) atoms. The number of thioether (sulfide) groups is 1. The largest absolute Gasteiger partial charge is 0.301 e. The number of aromatic nitrogens is 1. The van der Waals surface area contributed by atoms with E-state index in [1.54, 1.807) is 0 Å². The van der Waals surface area contributed by atoms with Gasteiger partial charge in [-0.1, -0.05) is 41.9 Å². The van der Waals surface area contributed by atoms with Gasteiger partial charge in [-0.25, -0.2) is 4.98 Å². The highest BCUT2D eigenvalue weighted by molar-refractivity contribution is 8.00. The van der Waals surface area contributed by atoms with E-state index in [-0.39, 0.29) is 11.2 Å². The van der Waals surface area contributed by atoms with Crippen molar-refractivity contribution in [3.05, 3.63) is 65.0 Å². The molecule has 6 heteroatoms. The summed E-state index contributed by atoms with van der Waals surface area (Å²) in [7, 11) is 0. The van der Waals surface area contributed by atoms with Gasteiger partial charge in [0, 0.05) is 20.9 Å². The minimum atomic E-state index is -0.227. The lowest BCUT2D eigenvalue weighted by Crippen LogP contribution is -2.22. The number of carbonyl (C=O) groups is 1. The fourth-order valence-electron chi connectivity index (χ4n) is 2.05. The number of rotatable bonds is 5. The number of benzene rings is 2. The van der Waals surface area contributed by atoms with E-state index < -0.39 is 0 Å². The van der Waals surface area contributed by atoms with E-state index in [9.17, 15) is 4.79 Å². The predicted octanol–water partition coefficient (Wildman–Crippen LogP) is 5.58. The summed E-state index contributed by atoms with van der Waals surface area (Å²) >= 11 is 8.79. The Bertz CT molecular complexity index is 819. The number of nitrogens with one attached hydrogen (secondary N) is 1. The van der Waals surface area contributed by atoms with E-state index in [1.165, 1.54) is 23.1 Å². The second-order valence-electron chi connectivity index (χ2n) is 5.11. The van der Waals surface area contributed by atoms with Gasteiger partial charge in [0.15, 0.2) is 5.13 Å². The summed E-state index contributed by atoms with van der Waals surface area (Å²) in [5.74, 6) is -0.0658. The fourth-order valence-corrected chi connectivity index (χ4v) is 3.77. The van der Waals surface area contributed by atoms with Gasteiger partial charge < -0.3 is 5.32 Å². The summed E-state index contributed by atoms with van der Waals surface area (Å²) < 4.78 is 0. The minimum absolute atomic E-state index is 0.0658. The highest BCUT2D eigenvalue weighted by atomic mass is 35.5. The maximum atomic E-state index is 12.3. The van der Waals surface area contributed by atoms with Crippen LogP contribution in [0.2, 0.25) is 5.02 Å². The number of nitrogens with zero attached hydrogens (tertiary/aromatic N) is 1. The van der Waals surface area contributed by atoms with Gasteiger partial charge in [-0.2, -0.15) is 0 Å². The van der Waals surface area contributed by atoms with Crippen LogP contribution in [0.4, 0.5) is 5.13 Å². The Kier molecular flexibility index (Phi) is 5.56. The third-order valence-electron chi connectivity index (χ3n) is 3.30. The molecule has 3 aromatic rings. The highest BCUT2D eigenvalue weighted by Crippen LogP contribution is 2.28. The lowest BCUT2D eigenvalue weighted by Gasteiger charge is -2.10. The van der Waals surface area contributed by atoms with Gasteiger partial charge in [-0.15, -0.1) is 23.1 Å². The van der Waals surface area contributed by atoms with Gasteiger partial charge in [-0.05, 0) is 31.2 Å². The van der Waals surface area contributed by atoms with Gasteiger partial charge in [0.1, 0.15) is 0 Å². The molecule has 0 aliphatic heterocycles. The molecule has 0 spiro atoms. The highest BCUT2D eigenvalue weighted by Gasteiger charge is 2.16. The molecule has 0 saturated carbocycles. The zero-order valence-corrected chi connectivity index (χ0v) is 15.3. The first-order valence-electron chi connectivity index (χ1n) is 7.36. The average Bonchev–Trinajstić information content (AvgIpc) is 3.06. The molecule has 3 rings (SSSR count). The molecule has 3 nitrogen and oxygen atoms in total. The predicted molar refractivity (Wildman–Crippen MR) is 103 cm³/mol. The second kappa shape index (κ2) is 7.83. The lowest BCUT2D eigenvalue weighted by molar-refractivity contribution is -0.115. The van der Waals surface area contributed by atoms with Crippen LogP contribution < -0.4 is 5.32 Å². The number of anilines is 1. The first-order valence-corrected chi connectivity index (χ1v) is 9.49. The number of hydrogen-bond donors (Lipinski definition) is 1. The molecule has 1 atom stereocenters. The Morgan fingerprint density at radius 1 is 1.17 bits per heavy atom. The van der Waals surface area contributed by atoms with E-state index in [0.717, 1.165) is 16.2 Å². The Balaban J connectivity index is 1.62. The van der Waals surface area contributed by atoms with Crippen LogP contribution in [-0.2, 0) is 4.79 Å². The summed E-state index contributed by atoms with van der Waals surface area (Å²) in [6.07, 6.45) is 0. The van der Waals surface area contributed by atoms with Crippen LogP contribution in [0.5, 0.6) is 0 Å². The van der Waals surface area contributed by atoms with Crippen LogP contribution in [0.3, 0.4) is 0 Å². The number of hydrogen-bond acceptors (Lipinski definition) is 4. The first kappa shape index (κ1) is 17.0. The molecular weight excluding hydrogens is 360 g/mol. The summed E-state index contributed by atoms with van der Waals surface area (Å²) in [4.78, 5) is 17.8. The number of thiazole rings is 1. The van der Waals surface area contributed by atoms with Gasteiger partial charge in [-0.3, -0.25) is 4.79 Å². The first-order chi connectivity index (χ1) is 11.6. The van der Waals surface area contributed by atoms with Crippen molar-refractivity contribution < 1.29 is 4.79 Å². The van der Waals surface area contributed by atoms with E-state index >= 15 is 0 Å². The standard InChI is InChI=1S/C18H15ClN2OS2/c1-12(24-15-9-7-14(19)8-10-15)17(22)21-18-20-16(11-23-18)13-5-3-2-4-6-13/h2-12H,1H3,(H,20,21,22)/t12-/m0/s1. The third-order valence-corrected chi connectivity index (χ3v) is 5.42. The molecule has 0 radical (unpaired) electrons. The Labute approximate surface area is 154 Å². The maximum absolute atomic E-state index is 12.3.